The summed E-state index contributed by atoms with van der Waals surface area (Å²) in [6.45, 7) is 0.807. The van der Waals surface area contributed by atoms with Gasteiger partial charge in [-0.05, 0) is 36.4 Å². The highest BCUT2D eigenvalue weighted by atomic mass is 35.5. The van der Waals surface area contributed by atoms with Crippen molar-refractivity contribution in [3.8, 4) is 11.5 Å². The van der Waals surface area contributed by atoms with Crippen molar-refractivity contribution in [1.82, 2.24) is 0 Å². The third-order valence-corrected chi connectivity index (χ3v) is 4.29. The summed E-state index contributed by atoms with van der Waals surface area (Å²) in [6.07, 6.45) is -4.58. The first-order chi connectivity index (χ1) is 12.7. The zero-order valence-corrected chi connectivity index (χ0v) is 15.1. The van der Waals surface area contributed by atoms with Crippen molar-refractivity contribution >= 4 is 23.2 Å². The van der Waals surface area contributed by atoms with E-state index in [2.05, 4.69) is 5.32 Å². The van der Waals surface area contributed by atoms with E-state index in [0.29, 0.717) is 18.0 Å². The van der Waals surface area contributed by atoms with Gasteiger partial charge in [0.05, 0.1) is 17.6 Å². The summed E-state index contributed by atoms with van der Waals surface area (Å²) in [5.74, 6) is 0.937. The summed E-state index contributed by atoms with van der Waals surface area (Å²) in [5, 5.41) is 2.07. The molecule has 3 rings (SSSR count). The first kappa shape index (κ1) is 19.3. The topological polar surface area (TPSA) is 52.0 Å². The molecule has 5 nitrogen and oxygen atoms in total. The number of quaternary nitrogens is 1. The normalized spacial score (nSPS) is 14.1. The van der Waals surface area contributed by atoms with E-state index in [1.54, 1.807) is 6.07 Å². The molecule has 9 heteroatoms. The predicted octanol–water partition coefficient (Wildman–Crippen LogP) is 2.74. The molecule has 2 N–H and O–H groups in total. The van der Waals surface area contributed by atoms with Crippen molar-refractivity contribution in [3.05, 3.63) is 52.5 Å². The number of carbonyl (C=O) groups is 1. The molecule has 27 heavy (non-hydrogen) atoms. The Hall–Kier alpha value is -2.45. The molecule has 0 spiro atoms. The summed E-state index contributed by atoms with van der Waals surface area (Å²) in [6, 6.07) is 8.80. The van der Waals surface area contributed by atoms with Crippen LogP contribution in [0.2, 0.25) is 5.02 Å². The molecule has 1 heterocycles. The fourth-order valence-electron chi connectivity index (χ4n) is 2.76. The molecule has 0 fully saturated rings. The summed E-state index contributed by atoms with van der Waals surface area (Å²) in [7, 11) is 1.81. The van der Waals surface area contributed by atoms with Crippen LogP contribution in [0, 0.1) is 0 Å². The number of hydrogen-bond acceptors (Lipinski definition) is 3. The molecule has 1 atom stereocenters. The lowest BCUT2D eigenvalue weighted by atomic mass is 10.2. The maximum atomic E-state index is 12.9. The number of ether oxygens (including phenoxy) is 2. The average molecular weight is 402 g/mol. The van der Waals surface area contributed by atoms with Crippen molar-refractivity contribution < 1.29 is 32.3 Å². The molecule has 1 amide bonds. The minimum absolute atomic E-state index is 0.0487. The van der Waals surface area contributed by atoms with Crippen LogP contribution in [0.5, 0.6) is 11.5 Å². The molecule has 1 aliphatic heterocycles. The second-order valence-corrected chi connectivity index (χ2v) is 6.65. The summed E-state index contributed by atoms with van der Waals surface area (Å²) >= 11 is 5.58. The predicted molar refractivity (Wildman–Crippen MR) is 93.1 cm³/mol. The van der Waals surface area contributed by atoms with Crippen molar-refractivity contribution in [2.75, 3.05) is 25.7 Å². The van der Waals surface area contributed by atoms with Crippen LogP contribution in [-0.4, -0.2) is 26.3 Å². The number of hydrogen-bond donors (Lipinski definition) is 2. The Kier molecular flexibility index (Phi) is 5.48. The van der Waals surface area contributed by atoms with Crippen molar-refractivity contribution in [2.45, 2.75) is 12.7 Å². The number of benzene rings is 2. The third kappa shape index (κ3) is 4.84. The van der Waals surface area contributed by atoms with Crippen LogP contribution in [0.15, 0.2) is 36.4 Å². The van der Waals surface area contributed by atoms with Crippen molar-refractivity contribution in [1.29, 1.82) is 0 Å². The molecule has 2 aromatic rings. The van der Waals surface area contributed by atoms with E-state index in [1.807, 2.05) is 19.2 Å². The van der Waals surface area contributed by atoms with Gasteiger partial charge in [-0.1, -0.05) is 11.6 Å². The molecular weight excluding hydrogens is 385 g/mol. The van der Waals surface area contributed by atoms with Crippen LogP contribution in [0.25, 0.3) is 0 Å². The Morgan fingerprint density at radius 2 is 1.93 bits per heavy atom. The molecule has 0 bridgehead atoms. The fraction of sp³-hybridized carbons (Fsp3) is 0.278. The van der Waals surface area contributed by atoms with Gasteiger partial charge in [-0.15, -0.1) is 0 Å². The monoisotopic (exact) mass is 401 g/mol. The first-order valence-corrected chi connectivity index (χ1v) is 8.46. The smallest absolute Gasteiger partial charge is 0.417 e. The summed E-state index contributed by atoms with van der Waals surface area (Å²) < 4.78 is 49.2. The number of nitrogens with one attached hydrogen (secondary N) is 2. The number of carbonyl (C=O) groups excluding carboxylic acids is 1. The molecule has 2 aromatic carbocycles. The summed E-state index contributed by atoms with van der Waals surface area (Å²) in [5.41, 5.74) is 0.0195. The zero-order chi connectivity index (χ0) is 19.6. The highest BCUT2D eigenvalue weighted by Gasteiger charge is 2.33. The molecule has 0 saturated carbocycles. The van der Waals surface area contributed by atoms with E-state index >= 15 is 0 Å². The van der Waals surface area contributed by atoms with Gasteiger partial charge < -0.3 is 19.7 Å². The van der Waals surface area contributed by atoms with Gasteiger partial charge in [0.1, 0.15) is 6.54 Å². The van der Waals surface area contributed by atoms with Gasteiger partial charge in [-0.25, -0.2) is 0 Å². The highest BCUT2D eigenvalue weighted by molar-refractivity contribution is 6.31. The number of alkyl halides is 3. The maximum absolute atomic E-state index is 12.9. The van der Waals surface area contributed by atoms with E-state index in [0.717, 1.165) is 22.6 Å². The minimum Gasteiger partial charge on any atom is -0.454 e. The van der Waals surface area contributed by atoms with Crippen LogP contribution in [0.3, 0.4) is 0 Å². The Morgan fingerprint density at radius 3 is 2.67 bits per heavy atom. The Bertz CT molecular complexity index is 858. The molecule has 144 valence electrons. The van der Waals surface area contributed by atoms with Gasteiger partial charge in [0.2, 0.25) is 6.79 Å². The molecular formula is C18H17ClF3N2O3+. The van der Waals surface area contributed by atoms with Gasteiger partial charge in [-0.3, -0.25) is 4.79 Å². The molecule has 0 saturated heterocycles. The Morgan fingerprint density at radius 1 is 1.19 bits per heavy atom. The molecule has 1 unspecified atom stereocenters. The van der Waals surface area contributed by atoms with Gasteiger partial charge in [0.25, 0.3) is 5.91 Å². The second-order valence-electron chi connectivity index (χ2n) is 6.24. The quantitative estimate of drug-likeness (QED) is 0.810. The minimum atomic E-state index is -4.58. The van der Waals surface area contributed by atoms with Crippen molar-refractivity contribution in [3.63, 3.8) is 0 Å². The number of fused-ring (bicyclic) bond motifs is 1. The molecule has 0 radical (unpaired) electrons. The lowest BCUT2D eigenvalue weighted by molar-refractivity contribution is -0.885. The van der Waals surface area contributed by atoms with Gasteiger partial charge >= 0.3 is 6.18 Å². The van der Waals surface area contributed by atoms with Crippen LogP contribution >= 0.6 is 11.6 Å². The third-order valence-electron chi connectivity index (χ3n) is 3.96. The van der Waals surface area contributed by atoms with Crippen LogP contribution in [0.1, 0.15) is 11.1 Å². The zero-order valence-electron chi connectivity index (χ0n) is 14.3. The first-order valence-electron chi connectivity index (χ1n) is 8.09. The van der Waals surface area contributed by atoms with Gasteiger partial charge in [0, 0.05) is 11.3 Å². The number of likely N-dealkylation sites (N-methyl/N-ethyl adjacent to an activating group) is 1. The number of anilines is 1. The standard InChI is InChI=1S/C18H16ClF3N2O3/c1-24(8-11-2-5-15-16(6-11)27-10-26-15)9-17(25)23-12-3-4-14(19)13(7-12)18(20,21)22/h2-7H,8-10H2,1H3,(H,23,25)/p+1. The largest absolute Gasteiger partial charge is 0.454 e. The second kappa shape index (κ2) is 7.66. The maximum Gasteiger partial charge on any atom is 0.417 e. The summed E-state index contributed by atoms with van der Waals surface area (Å²) in [4.78, 5) is 13.0. The van der Waals surface area contributed by atoms with E-state index in [1.165, 1.54) is 6.07 Å². The average Bonchev–Trinajstić information content (AvgIpc) is 3.03. The number of halogens is 4. The van der Waals surface area contributed by atoms with E-state index in [-0.39, 0.29) is 19.0 Å². The van der Waals surface area contributed by atoms with E-state index < -0.39 is 22.7 Å². The van der Waals surface area contributed by atoms with E-state index in [4.69, 9.17) is 21.1 Å². The van der Waals surface area contributed by atoms with Crippen LogP contribution in [-0.2, 0) is 17.5 Å². The molecule has 0 aromatic heterocycles. The Balaban J connectivity index is 1.59. The highest BCUT2D eigenvalue weighted by Crippen LogP contribution is 2.36. The SMILES string of the molecule is C[NH+](CC(=O)Nc1ccc(Cl)c(C(F)(F)F)c1)Cc1ccc2c(c1)OCO2. The van der Waals surface area contributed by atoms with Crippen LogP contribution in [0.4, 0.5) is 18.9 Å². The number of rotatable bonds is 5. The van der Waals surface area contributed by atoms with E-state index in [9.17, 15) is 18.0 Å². The van der Waals surface area contributed by atoms with Gasteiger partial charge in [-0.2, -0.15) is 13.2 Å². The fourth-order valence-corrected chi connectivity index (χ4v) is 2.99. The molecule has 1 aliphatic rings. The van der Waals surface area contributed by atoms with Crippen molar-refractivity contribution in [2.24, 2.45) is 0 Å². The van der Waals surface area contributed by atoms with Crippen LogP contribution < -0.4 is 19.7 Å². The number of amides is 1. The lowest BCUT2D eigenvalue weighted by Crippen LogP contribution is -3.08. The van der Waals surface area contributed by atoms with Gasteiger partial charge in [0.15, 0.2) is 18.0 Å². The lowest BCUT2D eigenvalue weighted by Gasteiger charge is -2.15. The Labute approximate surface area is 158 Å². The molecule has 0 aliphatic carbocycles.